The summed E-state index contributed by atoms with van der Waals surface area (Å²) < 4.78 is 0. The predicted octanol–water partition coefficient (Wildman–Crippen LogP) is 5.52. The van der Waals surface area contributed by atoms with Crippen molar-refractivity contribution in [1.29, 1.82) is 0 Å². The smallest absolute Gasteiger partial charge is 0.135 e. The van der Waals surface area contributed by atoms with Crippen LogP contribution in [0.15, 0.2) is 0 Å². The summed E-state index contributed by atoms with van der Waals surface area (Å²) in [6.45, 7) is 4.65. The van der Waals surface area contributed by atoms with Crippen LogP contribution in [0.5, 0.6) is 0 Å². The summed E-state index contributed by atoms with van der Waals surface area (Å²) in [4.78, 5) is 11.7. The maximum absolute atomic E-state index is 11.7. The van der Waals surface area contributed by atoms with Crippen LogP contribution in [-0.4, -0.2) is 5.78 Å². The number of Topliss-reactive ketones (excluding diaryl/α,β-unsaturated/α-hetero) is 1. The summed E-state index contributed by atoms with van der Waals surface area (Å²) in [5.41, 5.74) is 0. The van der Waals surface area contributed by atoms with Crippen molar-refractivity contribution in [3.05, 3.63) is 0 Å². The number of hydrogen-bond donors (Lipinski definition) is 0. The Labute approximate surface area is 114 Å². The van der Waals surface area contributed by atoms with Crippen LogP contribution in [0.2, 0.25) is 0 Å². The molecule has 0 N–H and O–H groups in total. The summed E-state index contributed by atoms with van der Waals surface area (Å²) >= 11 is 0. The van der Waals surface area contributed by atoms with E-state index in [0.717, 1.165) is 25.2 Å². The minimum absolute atomic E-state index is 0.422. The molecule has 0 heterocycles. The Kier molecular flexibility index (Phi) is 8.37. The van der Waals surface area contributed by atoms with Crippen LogP contribution in [0.3, 0.4) is 0 Å². The molecule has 1 nitrogen and oxygen atoms in total. The molecule has 0 spiro atoms. The van der Waals surface area contributed by atoms with Crippen molar-refractivity contribution in [2.75, 3.05) is 0 Å². The molecular formula is C17H32O. The third-order valence-electron chi connectivity index (χ3n) is 4.48. The Balaban J connectivity index is 2.00. The van der Waals surface area contributed by atoms with Gasteiger partial charge in [0.05, 0.1) is 0 Å². The fraction of sp³-hybridized carbons (Fsp3) is 0.941. The first-order valence-corrected chi connectivity index (χ1v) is 8.26. The van der Waals surface area contributed by atoms with Crippen LogP contribution in [0.1, 0.15) is 90.9 Å². The summed E-state index contributed by atoms with van der Waals surface area (Å²) in [5.74, 6) is 1.84. The van der Waals surface area contributed by atoms with E-state index >= 15 is 0 Å². The Morgan fingerprint density at radius 1 is 1.11 bits per heavy atom. The lowest BCUT2D eigenvalue weighted by molar-refractivity contribution is -0.124. The SMILES string of the molecule is CCCCCCC(C)CCCC1CCCCC1=O. The highest BCUT2D eigenvalue weighted by Gasteiger charge is 2.21. The van der Waals surface area contributed by atoms with Crippen molar-refractivity contribution in [3.63, 3.8) is 0 Å². The summed E-state index contributed by atoms with van der Waals surface area (Å²) in [6.07, 6.45) is 15.1. The van der Waals surface area contributed by atoms with E-state index in [4.69, 9.17) is 0 Å². The highest BCUT2D eigenvalue weighted by molar-refractivity contribution is 5.81. The van der Waals surface area contributed by atoms with Crippen LogP contribution < -0.4 is 0 Å². The fourth-order valence-electron chi connectivity index (χ4n) is 3.14. The summed E-state index contributed by atoms with van der Waals surface area (Å²) in [7, 11) is 0. The van der Waals surface area contributed by atoms with Crippen LogP contribution in [-0.2, 0) is 4.79 Å². The van der Waals surface area contributed by atoms with Gasteiger partial charge in [-0.25, -0.2) is 0 Å². The molecule has 0 amide bonds. The maximum Gasteiger partial charge on any atom is 0.135 e. The standard InChI is InChI=1S/C17H32O/c1-3-4-5-6-10-15(2)11-9-13-16-12-7-8-14-17(16)18/h15-16H,3-14H2,1-2H3. The molecule has 0 radical (unpaired) electrons. The van der Waals surface area contributed by atoms with E-state index in [1.807, 2.05) is 0 Å². The first-order chi connectivity index (χ1) is 8.74. The number of unbranched alkanes of at least 4 members (excludes halogenated alkanes) is 3. The van der Waals surface area contributed by atoms with Crippen LogP contribution in [0.4, 0.5) is 0 Å². The molecule has 0 aromatic rings. The zero-order valence-corrected chi connectivity index (χ0v) is 12.5. The maximum atomic E-state index is 11.7. The van der Waals surface area contributed by atoms with E-state index in [9.17, 15) is 4.79 Å². The third kappa shape index (κ3) is 6.56. The Bertz CT molecular complexity index is 222. The van der Waals surface area contributed by atoms with Crippen molar-refractivity contribution >= 4 is 5.78 Å². The van der Waals surface area contributed by atoms with Crippen molar-refractivity contribution in [1.82, 2.24) is 0 Å². The molecule has 0 aliphatic heterocycles. The Hall–Kier alpha value is -0.330. The topological polar surface area (TPSA) is 17.1 Å². The second-order valence-electron chi connectivity index (χ2n) is 6.29. The van der Waals surface area contributed by atoms with E-state index in [2.05, 4.69) is 13.8 Å². The van der Waals surface area contributed by atoms with Crippen molar-refractivity contribution in [2.45, 2.75) is 90.9 Å². The van der Waals surface area contributed by atoms with Crippen LogP contribution >= 0.6 is 0 Å². The van der Waals surface area contributed by atoms with Gasteiger partial charge < -0.3 is 0 Å². The van der Waals surface area contributed by atoms with E-state index in [1.54, 1.807) is 0 Å². The molecule has 18 heavy (non-hydrogen) atoms. The van der Waals surface area contributed by atoms with Gasteiger partial charge in [-0.15, -0.1) is 0 Å². The second-order valence-corrected chi connectivity index (χ2v) is 6.29. The minimum atomic E-state index is 0.422. The van der Waals surface area contributed by atoms with Gasteiger partial charge in [-0.05, 0) is 25.2 Å². The third-order valence-corrected chi connectivity index (χ3v) is 4.48. The van der Waals surface area contributed by atoms with E-state index in [-0.39, 0.29) is 0 Å². The van der Waals surface area contributed by atoms with Gasteiger partial charge in [0.25, 0.3) is 0 Å². The summed E-state index contributed by atoms with van der Waals surface area (Å²) in [6, 6.07) is 0. The second kappa shape index (κ2) is 9.58. The van der Waals surface area contributed by atoms with Crippen molar-refractivity contribution in [2.24, 2.45) is 11.8 Å². The van der Waals surface area contributed by atoms with Crippen LogP contribution in [0, 0.1) is 11.8 Å². The molecule has 2 unspecified atom stereocenters. The lowest BCUT2D eigenvalue weighted by atomic mass is 9.83. The average Bonchev–Trinajstić information content (AvgIpc) is 2.37. The molecule has 0 bridgehead atoms. The highest BCUT2D eigenvalue weighted by Crippen LogP contribution is 2.26. The Morgan fingerprint density at radius 2 is 1.89 bits per heavy atom. The number of hydrogen-bond acceptors (Lipinski definition) is 1. The van der Waals surface area contributed by atoms with Gasteiger partial charge in [-0.1, -0.05) is 65.2 Å². The monoisotopic (exact) mass is 252 g/mol. The normalized spacial score (nSPS) is 22.1. The molecule has 0 aromatic heterocycles. The average molecular weight is 252 g/mol. The van der Waals surface area contributed by atoms with Gasteiger partial charge in [0, 0.05) is 12.3 Å². The molecular weight excluding hydrogens is 220 g/mol. The van der Waals surface area contributed by atoms with Gasteiger partial charge in [-0.3, -0.25) is 4.79 Å². The van der Waals surface area contributed by atoms with Gasteiger partial charge in [0.2, 0.25) is 0 Å². The first-order valence-electron chi connectivity index (χ1n) is 8.26. The number of rotatable bonds is 9. The zero-order chi connectivity index (χ0) is 13.2. The number of ketones is 1. The number of carbonyl (C=O) groups is 1. The molecule has 1 heteroatoms. The lowest BCUT2D eigenvalue weighted by Crippen LogP contribution is -2.18. The van der Waals surface area contributed by atoms with Gasteiger partial charge in [0.15, 0.2) is 0 Å². The molecule has 0 aromatic carbocycles. The quantitative estimate of drug-likeness (QED) is 0.494. The van der Waals surface area contributed by atoms with Gasteiger partial charge in [0.1, 0.15) is 5.78 Å². The fourth-order valence-corrected chi connectivity index (χ4v) is 3.14. The van der Waals surface area contributed by atoms with E-state index in [1.165, 1.54) is 57.8 Å². The van der Waals surface area contributed by atoms with Crippen molar-refractivity contribution in [3.8, 4) is 0 Å². The molecule has 1 aliphatic rings. The van der Waals surface area contributed by atoms with Gasteiger partial charge in [-0.2, -0.15) is 0 Å². The molecule has 1 aliphatic carbocycles. The van der Waals surface area contributed by atoms with Gasteiger partial charge >= 0.3 is 0 Å². The molecule has 1 rings (SSSR count). The molecule has 1 saturated carbocycles. The number of carbonyl (C=O) groups excluding carboxylic acids is 1. The lowest BCUT2D eigenvalue weighted by Gasteiger charge is -2.21. The summed E-state index contributed by atoms with van der Waals surface area (Å²) in [5, 5.41) is 0. The largest absolute Gasteiger partial charge is 0.299 e. The van der Waals surface area contributed by atoms with E-state index < -0.39 is 0 Å². The zero-order valence-electron chi connectivity index (χ0n) is 12.5. The van der Waals surface area contributed by atoms with E-state index in [0.29, 0.717) is 11.7 Å². The van der Waals surface area contributed by atoms with Crippen molar-refractivity contribution < 1.29 is 4.79 Å². The molecule has 1 fully saturated rings. The Morgan fingerprint density at radius 3 is 2.61 bits per heavy atom. The highest BCUT2D eigenvalue weighted by atomic mass is 16.1. The predicted molar refractivity (Wildman–Crippen MR) is 78.7 cm³/mol. The molecule has 106 valence electrons. The minimum Gasteiger partial charge on any atom is -0.299 e. The molecule has 2 atom stereocenters. The van der Waals surface area contributed by atoms with Crippen LogP contribution in [0.25, 0.3) is 0 Å². The molecule has 0 saturated heterocycles. The first kappa shape index (κ1) is 15.7.